The van der Waals surface area contributed by atoms with Gasteiger partial charge in [-0.1, -0.05) is 27.5 Å². The van der Waals surface area contributed by atoms with Gasteiger partial charge in [-0.2, -0.15) is 0 Å². The molecule has 0 radical (unpaired) electrons. The van der Waals surface area contributed by atoms with Crippen molar-refractivity contribution in [3.05, 3.63) is 27.7 Å². The molecule has 2 aromatic rings. The number of halogens is 2. The minimum atomic E-state index is -0.853. The highest BCUT2D eigenvalue weighted by molar-refractivity contribution is 9.10. The third-order valence-corrected chi connectivity index (χ3v) is 4.35. The fourth-order valence-corrected chi connectivity index (χ4v) is 2.94. The van der Waals surface area contributed by atoms with E-state index in [2.05, 4.69) is 31.5 Å². The Morgan fingerprint density at radius 2 is 2.29 bits per heavy atom. The Morgan fingerprint density at radius 3 is 2.95 bits per heavy atom. The number of benzene rings is 1. The quantitative estimate of drug-likeness (QED) is 0.873. The van der Waals surface area contributed by atoms with Crippen LogP contribution in [0, 0.1) is 5.92 Å². The van der Waals surface area contributed by atoms with E-state index in [0.29, 0.717) is 22.3 Å². The maximum atomic E-state index is 11.1. The first kappa shape index (κ1) is 14.5. The summed E-state index contributed by atoms with van der Waals surface area (Å²) in [4.78, 5) is 11.1. The molecule has 3 rings (SSSR count). The molecule has 0 bridgehead atoms. The second-order valence-corrected chi connectivity index (χ2v) is 6.40. The average Bonchev–Trinajstić information content (AvgIpc) is 3.16. The minimum Gasteiger partial charge on any atom is -0.481 e. The number of tetrazole rings is 1. The molecular formula is C13H12BrClN4O2. The van der Waals surface area contributed by atoms with Gasteiger partial charge in [0.2, 0.25) is 0 Å². The summed E-state index contributed by atoms with van der Waals surface area (Å²) in [5, 5.41) is 21.4. The lowest BCUT2D eigenvalue weighted by Gasteiger charge is -2.16. The molecule has 0 aliphatic heterocycles. The monoisotopic (exact) mass is 370 g/mol. The molecule has 1 saturated carbocycles. The standard InChI is InChI=1S/C13H12BrClN4O2/c14-8-3-4-10(15)9(5-8)13-16-17-18-19(13)11(6-12(20)21)7-1-2-7/h3-5,7,11H,1-2,6H2,(H,20,21). The molecule has 1 aliphatic rings. The van der Waals surface area contributed by atoms with Gasteiger partial charge in [0.25, 0.3) is 0 Å². The van der Waals surface area contributed by atoms with Crippen molar-refractivity contribution < 1.29 is 9.90 Å². The summed E-state index contributed by atoms with van der Waals surface area (Å²) in [6.07, 6.45) is 2.02. The third kappa shape index (κ3) is 3.08. The number of aliphatic carboxylic acids is 1. The fraction of sp³-hybridized carbons (Fsp3) is 0.385. The Bertz CT molecular complexity index is 687. The van der Waals surface area contributed by atoms with Gasteiger partial charge in [-0.15, -0.1) is 5.10 Å². The smallest absolute Gasteiger partial charge is 0.305 e. The highest BCUT2D eigenvalue weighted by Crippen LogP contribution is 2.43. The SMILES string of the molecule is O=C(O)CC(C1CC1)n1nnnc1-c1cc(Br)ccc1Cl. The number of rotatable bonds is 5. The molecular weight excluding hydrogens is 360 g/mol. The number of carboxylic acid groups (broad SMARTS) is 1. The van der Waals surface area contributed by atoms with Gasteiger partial charge in [0.05, 0.1) is 17.5 Å². The van der Waals surface area contributed by atoms with Gasteiger partial charge in [-0.25, -0.2) is 4.68 Å². The maximum absolute atomic E-state index is 11.1. The molecule has 1 atom stereocenters. The fourth-order valence-electron chi connectivity index (χ4n) is 2.38. The third-order valence-electron chi connectivity index (χ3n) is 3.53. The number of carboxylic acids is 1. The van der Waals surface area contributed by atoms with Crippen molar-refractivity contribution >= 4 is 33.5 Å². The van der Waals surface area contributed by atoms with E-state index in [-0.39, 0.29) is 12.5 Å². The highest BCUT2D eigenvalue weighted by atomic mass is 79.9. The molecule has 6 nitrogen and oxygen atoms in total. The van der Waals surface area contributed by atoms with Crippen molar-refractivity contribution in [2.45, 2.75) is 25.3 Å². The number of carbonyl (C=O) groups is 1. The number of hydrogen-bond donors (Lipinski definition) is 1. The van der Waals surface area contributed by atoms with E-state index in [4.69, 9.17) is 16.7 Å². The molecule has 1 aromatic carbocycles. The molecule has 1 unspecified atom stereocenters. The van der Waals surface area contributed by atoms with Gasteiger partial charge in [0.15, 0.2) is 5.82 Å². The van der Waals surface area contributed by atoms with E-state index >= 15 is 0 Å². The zero-order valence-electron chi connectivity index (χ0n) is 10.9. The predicted octanol–water partition coefficient (Wildman–Crippen LogP) is 3.18. The molecule has 0 amide bonds. The lowest BCUT2D eigenvalue weighted by Crippen LogP contribution is -2.18. The molecule has 1 N–H and O–H groups in total. The van der Waals surface area contributed by atoms with Crippen LogP contribution in [0.5, 0.6) is 0 Å². The summed E-state index contributed by atoms with van der Waals surface area (Å²) in [7, 11) is 0. The Balaban J connectivity index is 2.03. The molecule has 0 spiro atoms. The maximum Gasteiger partial charge on any atom is 0.305 e. The normalized spacial score (nSPS) is 15.9. The summed E-state index contributed by atoms with van der Waals surface area (Å²) in [5.74, 6) is -0.0394. The van der Waals surface area contributed by atoms with Crippen LogP contribution < -0.4 is 0 Å². The summed E-state index contributed by atoms with van der Waals surface area (Å²) < 4.78 is 2.46. The molecule has 1 fully saturated rings. The van der Waals surface area contributed by atoms with E-state index in [9.17, 15) is 4.79 Å². The Kier molecular flexibility index (Phi) is 3.95. The molecule has 1 heterocycles. The second kappa shape index (κ2) is 5.73. The molecule has 21 heavy (non-hydrogen) atoms. The zero-order valence-corrected chi connectivity index (χ0v) is 13.3. The number of nitrogens with zero attached hydrogens (tertiary/aromatic N) is 4. The summed E-state index contributed by atoms with van der Waals surface area (Å²) >= 11 is 9.61. The summed E-state index contributed by atoms with van der Waals surface area (Å²) in [6.45, 7) is 0. The molecule has 1 aromatic heterocycles. The highest BCUT2D eigenvalue weighted by Gasteiger charge is 2.36. The Hall–Kier alpha value is -1.47. The van der Waals surface area contributed by atoms with Crippen molar-refractivity contribution in [3.8, 4) is 11.4 Å². The molecule has 110 valence electrons. The van der Waals surface area contributed by atoms with Gasteiger partial charge in [-0.05, 0) is 47.4 Å². The number of hydrogen-bond acceptors (Lipinski definition) is 4. The van der Waals surface area contributed by atoms with Crippen LogP contribution in [-0.4, -0.2) is 31.3 Å². The van der Waals surface area contributed by atoms with E-state index in [1.165, 1.54) is 0 Å². The van der Waals surface area contributed by atoms with Gasteiger partial charge >= 0.3 is 5.97 Å². The van der Waals surface area contributed by atoms with Crippen LogP contribution >= 0.6 is 27.5 Å². The van der Waals surface area contributed by atoms with E-state index < -0.39 is 5.97 Å². The first-order valence-electron chi connectivity index (χ1n) is 6.51. The lowest BCUT2D eigenvalue weighted by molar-refractivity contribution is -0.138. The van der Waals surface area contributed by atoms with Crippen molar-refractivity contribution in [3.63, 3.8) is 0 Å². The van der Waals surface area contributed by atoms with Gasteiger partial charge in [0, 0.05) is 10.0 Å². The van der Waals surface area contributed by atoms with Crippen LogP contribution in [0.15, 0.2) is 22.7 Å². The predicted molar refractivity (Wildman–Crippen MR) is 80.0 cm³/mol. The van der Waals surface area contributed by atoms with Gasteiger partial charge in [-0.3, -0.25) is 4.79 Å². The van der Waals surface area contributed by atoms with Gasteiger partial charge < -0.3 is 5.11 Å². The van der Waals surface area contributed by atoms with Crippen molar-refractivity contribution in [2.75, 3.05) is 0 Å². The van der Waals surface area contributed by atoms with Crippen LogP contribution in [-0.2, 0) is 4.79 Å². The zero-order chi connectivity index (χ0) is 15.0. The Labute approximate surface area is 134 Å². The summed E-state index contributed by atoms with van der Waals surface area (Å²) in [5.41, 5.74) is 0.687. The number of aromatic nitrogens is 4. The topological polar surface area (TPSA) is 80.9 Å². The summed E-state index contributed by atoms with van der Waals surface area (Å²) in [6, 6.07) is 5.18. The average molecular weight is 372 g/mol. The van der Waals surface area contributed by atoms with Crippen LogP contribution in [0.4, 0.5) is 0 Å². The van der Waals surface area contributed by atoms with Crippen LogP contribution in [0.3, 0.4) is 0 Å². The lowest BCUT2D eigenvalue weighted by atomic mass is 10.1. The first-order chi connectivity index (χ1) is 10.1. The van der Waals surface area contributed by atoms with Crippen molar-refractivity contribution in [1.29, 1.82) is 0 Å². The molecule has 1 aliphatic carbocycles. The van der Waals surface area contributed by atoms with Crippen molar-refractivity contribution in [1.82, 2.24) is 20.2 Å². The Morgan fingerprint density at radius 1 is 1.52 bits per heavy atom. The molecule has 0 saturated heterocycles. The molecule has 8 heteroatoms. The minimum absolute atomic E-state index is 0.00826. The van der Waals surface area contributed by atoms with E-state index in [1.807, 2.05) is 12.1 Å². The largest absolute Gasteiger partial charge is 0.481 e. The second-order valence-electron chi connectivity index (χ2n) is 5.07. The van der Waals surface area contributed by atoms with Crippen LogP contribution in [0.2, 0.25) is 5.02 Å². The van der Waals surface area contributed by atoms with Crippen molar-refractivity contribution in [2.24, 2.45) is 5.92 Å². The first-order valence-corrected chi connectivity index (χ1v) is 7.68. The van der Waals surface area contributed by atoms with Gasteiger partial charge in [0.1, 0.15) is 0 Å². The van der Waals surface area contributed by atoms with Crippen LogP contribution in [0.25, 0.3) is 11.4 Å². The van der Waals surface area contributed by atoms with E-state index in [1.54, 1.807) is 10.7 Å². The van der Waals surface area contributed by atoms with Crippen LogP contribution in [0.1, 0.15) is 25.3 Å². The van der Waals surface area contributed by atoms with E-state index in [0.717, 1.165) is 17.3 Å².